The highest BCUT2D eigenvalue weighted by atomic mass is 16.5. The van der Waals surface area contributed by atoms with Crippen LogP contribution in [-0.2, 0) is 23.7 Å². The highest BCUT2D eigenvalue weighted by Gasteiger charge is 2.15. The van der Waals surface area contributed by atoms with Crippen LogP contribution in [0.3, 0.4) is 0 Å². The second kappa shape index (κ2) is 21.2. The van der Waals surface area contributed by atoms with Crippen LogP contribution in [0.5, 0.6) is 0 Å². The summed E-state index contributed by atoms with van der Waals surface area (Å²) in [6.45, 7) is 15.5. The molecule has 0 aliphatic rings. The molecule has 0 fully saturated rings. The molecule has 0 aromatic heterocycles. The number of esters is 1. The molecule has 31 heavy (non-hydrogen) atoms. The summed E-state index contributed by atoms with van der Waals surface area (Å²) >= 11 is 0. The van der Waals surface area contributed by atoms with E-state index < -0.39 is 0 Å². The van der Waals surface area contributed by atoms with E-state index in [9.17, 15) is 4.79 Å². The van der Waals surface area contributed by atoms with Gasteiger partial charge in [0.25, 0.3) is 0 Å². The van der Waals surface area contributed by atoms with Crippen LogP contribution in [0.4, 0.5) is 0 Å². The van der Waals surface area contributed by atoms with Crippen molar-refractivity contribution < 1.29 is 23.7 Å². The summed E-state index contributed by atoms with van der Waals surface area (Å²) in [5.41, 5.74) is 0.324. The molecule has 0 aromatic rings. The number of rotatable bonds is 22. The van der Waals surface area contributed by atoms with Crippen molar-refractivity contribution in [1.82, 2.24) is 0 Å². The van der Waals surface area contributed by atoms with Crippen molar-refractivity contribution in [1.29, 1.82) is 0 Å². The largest absolute Gasteiger partial charge is 0.466 e. The first-order chi connectivity index (χ1) is 14.8. The van der Waals surface area contributed by atoms with Crippen LogP contribution in [-0.4, -0.2) is 52.2 Å². The van der Waals surface area contributed by atoms with Gasteiger partial charge in [0.15, 0.2) is 0 Å². The molecule has 0 aliphatic carbocycles. The summed E-state index contributed by atoms with van der Waals surface area (Å²) in [6.07, 6.45) is 12.3. The standard InChI is InChI=1S/C26H52O5/c1-6-7-8-9-10-11-12-16-28-19-21-30-22-20-29-17-13-14-25(27)31-18-15-24(2)23-26(3,4)5/h24H,6-23H2,1-5H3. The zero-order chi connectivity index (χ0) is 23.2. The van der Waals surface area contributed by atoms with Crippen LogP contribution in [0.1, 0.15) is 105 Å². The molecule has 0 saturated carbocycles. The predicted molar refractivity (Wildman–Crippen MR) is 128 cm³/mol. The molecule has 0 aromatic carbocycles. The van der Waals surface area contributed by atoms with Crippen LogP contribution < -0.4 is 0 Å². The van der Waals surface area contributed by atoms with Gasteiger partial charge in [-0.3, -0.25) is 4.79 Å². The third kappa shape index (κ3) is 25.5. The average molecular weight is 445 g/mol. The topological polar surface area (TPSA) is 54.0 Å². The van der Waals surface area contributed by atoms with Crippen LogP contribution in [0.2, 0.25) is 0 Å². The van der Waals surface area contributed by atoms with E-state index in [0.717, 1.165) is 25.9 Å². The molecule has 0 N–H and O–H groups in total. The fraction of sp³-hybridized carbons (Fsp3) is 0.962. The summed E-state index contributed by atoms with van der Waals surface area (Å²) in [5, 5.41) is 0. The van der Waals surface area contributed by atoms with Gasteiger partial charge in [-0.1, -0.05) is 73.1 Å². The fourth-order valence-corrected chi connectivity index (χ4v) is 3.62. The molecule has 1 unspecified atom stereocenters. The maximum Gasteiger partial charge on any atom is 0.305 e. The zero-order valence-electron chi connectivity index (χ0n) is 21.3. The van der Waals surface area contributed by atoms with E-state index in [-0.39, 0.29) is 5.97 Å². The molecule has 0 saturated heterocycles. The van der Waals surface area contributed by atoms with E-state index in [4.69, 9.17) is 18.9 Å². The Morgan fingerprint density at radius 2 is 1.23 bits per heavy atom. The van der Waals surface area contributed by atoms with E-state index in [2.05, 4.69) is 34.6 Å². The monoisotopic (exact) mass is 444 g/mol. The Labute approximate surface area is 192 Å². The highest BCUT2D eigenvalue weighted by molar-refractivity contribution is 5.69. The molecule has 0 amide bonds. The number of ether oxygens (including phenoxy) is 4. The molecule has 0 aliphatic heterocycles. The van der Waals surface area contributed by atoms with Crippen molar-refractivity contribution in [2.45, 2.75) is 105 Å². The maximum absolute atomic E-state index is 11.8. The summed E-state index contributed by atoms with van der Waals surface area (Å²) < 4.78 is 21.9. The summed E-state index contributed by atoms with van der Waals surface area (Å²) in [6, 6.07) is 0. The first-order valence-corrected chi connectivity index (χ1v) is 12.7. The van der Waals surface area contributed by atoms with Gasteiger partial charge >= 0.3 is 5.97 Å². The maximum atomic E-state index is 11.8. The molecule has 186 valence electrons. The lowest BCUT2D eigenvalue weighted by Crippen LogP contribution is -2.14. The Morgan fingerprint density at radius 1 is 0.710 bits per heavy atom. The van der Waals surface area contributed by atoms with Gasteiger partial charge in [0.1, 0.15) is 0 Å². The lowest BCUT2D eigenvalue weighted by Gasteiger charge is -2.22. The minimum atomic E-state index is -0.124. The van der Waals surface area contributed by atoms with Crippen LogP contribution >= 0.6 is 0 Å². The van der Waals surface area contributed by atoms with Crippen LogP contribution in [0.15, 0.2) is 0 Å². The Bertz CT molecular complexity index is 392. The van der Waals surface area contributed by atoms with Gasteiger partial charge in [-0.25, -0.2) is 0 Å². The second-order valence-corrected chi connectivity index (χ2v) is 9.94. The Morgan fingerprint density at radius 3 is 1.81 bits per heavy atom. The van der Waals surface area contributed by atoms with Crippen molar-refractivity contribution in [2.75, 3.05) is 46.2 Å². The molecule has 0 spiro atoms. The smallest absolute Gasteiger partial charge is 0.305 e. The van der Waals surface area contributed by atoms with E-state index in [1.165, 1.54) is 38.5 Å². The van der Waals surface area contributed by atoms with Crippen molar-refractivity contribution in [3.63, 3.8) is 0 Å². The summed E-state index contributed by atoms with van der Waals surface area (Å²) in [4.78, 5) is 11.8. The molecule has 1 atom stereocenters. The third-order valence-electron chi connectivity index (χ3n) is 5.14. The number of carbonyl (C=O) groups is 1. The number of hydrogen-bond donors (Lipinski definition) is 0. The van der Waals surface area contributed by atoms with Gasteiger partial charge in [-0.2, -0.15) is 0 Å². The minimum absolute atomic E-state index is 0.124. The molecule has 5 heteroatoms. The summed E-state index contributed by atoms with van der Waals surface area (Å²) in [7, 11) is 0. The van der Waals surface area contributed by atoms with E-state index >= 15 is 0 Å². The van der Waals surface area contributed by atoms with Gasteiger partial charge in [-0.15, -0.1) is 0 Å². The number of hydrogen-bond acceptors (Lipinski definition) is 5. The Hall–Kier alpha value is -0.650. The minimum Gasteiger partial charge on any atom is -0.466 e. The SMILES string of the molecule is CCCCCCCCCOCCOCCOCCCC(=O)OCCC(C)CC(C)(C)C. The number of carbonyl (C=O) groups excluding carboxylic acids is 1. The first kappa shape index (κ1) is 30.4. The molecule has 0 radical (unpaired) electrons. The van der Waals surface area contributed by atoms with Crippen molar-refractivity contribution in [3.05, 3.63) is 0 Å². The summed E-state index contributed by atoms with van der Waals surface area (Å²) in [5.74, 6) is 0.447. The van der Waals surface area contributed by atoms with E-state index in [1.807, 2.05) is 0 Å². The van der Waals surface area contributed by atoms with Crippen molar-refractivity contribution in [3.8, 4) is 0 Å². The van der Waals surface area contributed by atoms with Crippen molar-refractivity contribution >= 4 is 5.97 Å². The Kier molecular flexibility index (Phi) is 20.8. The third-order valence-corrected chi connectivity index (χ3v) is 5.14. The molecule has 0 bridgehead atoms. The molecule has 0 heterocycles. The van der Waals surface area contributed by atoms with Gasteiger partial charge < -0.3 is 18.9 Å². The first-order valence-electron chi connectivity index (χ1n) is 12.7. The van der Waals surface area contributed by atoms with E-state index in [0.29, 0.717) is 63.8 Å². The number of unbranched alkanes of at least 4 members (excludes halogenated alkanes) is 6. The van der Waals surface area contributed by atoms with Crippen molar-refractivity contribution in [2.24, 2.45) is 11.3 Å². The predicted octanol–water partition coefficient (Wildman–Crippen LogP) is 6.57. The van der Waals surface area contributed by atoms with Gasteiger partial charge in [0, 0.05) is 19.6 Å². The second-order valence-electron chi connectivity index (χ2n) is 9.94. The molecular weight excluding hydrogens is 392 g/mol. The Balaban J connectivity index is 3.24. The quantitative estimate of drug-likeness (QED) is 0.140. The van der Waals surface area contributed by atoms with Gasteiger partial charge in [-0.05, 0) is 37.0 Å². The molecular formula is C26H52O5. The molecule has 0 rings (SSSR count). The van der Waals surface area contributed by atoms with Crippen LogP contribution in [0.25, 0.3) is 0 Å². The highest BCUT2D eigenvalue weighted by Crippen LogP contribution is 2.25. The van der Waals surface area contributed by atoms with E-state index in [1.54, 1.807) is 0 Å². The molecule has 5 nitrogen and oxygen atoms in total. The fourth-order valence-electron chi connectivity index (χ4n) is 3.62. The lowest BCUT2D eigenvalue weighted by atomic mass is 9.84. The van der Waals surface area contributed by atoms with Gasteiger partial charge in [0.2, 0.25) is 0 Å². The van der Waals surface area contributed by atoms with Gasteiger partial charge in [0.05, 0.1) is 33.0 Å². The lowest BCUT2D eigenvalue weighted by molar-refractivity contribution is -0.144. The normalized spacial score (nSPS) is 12.8. The average Bonchev–Trinajstić information content (AvgIpc) is 2.69. The zero-order valence-corrected chi connectivity index (χ0v) is 21.3. The van der Waals surface area contributed by atoms with Crippen LogP contribution in [0, 0.1) is 11.3 Å².